The highest BCUT2D eigenvalue weighted by Crippen LogP contribution is 2.21. The normalized spacial score (nSPS) is 12.2. The second-order valence-corrected chi connectivity index (χ2v) is 7.24. The monoisotopic (exact) mass is 375 g/mol. The summed E-state index contributed by atoms with van der Waals surface area (Å²) in [5.74, 6) is -1.59. The van der Waals surface area contributed by atoms with Crippen LogP contribution in [-0.4, -0.2) is 19.5 Å². The fraction of sp³-hybridized carbons (Fsp3) is 0.214. The molecule has 2 aromatic rings. The first-order chi connectivity index (χ1) is 9.94. The fourth-order valence-electron chi connectivity index (χ4n) is 1.87. The number of benzene rings is 1. The maximum Gasteiger partial charge on any atom is 0.279 e. The molecule has 0 radical (unpaired) electrons. The van der Waals surface area contributed by atoms with Gasteiger partial charge in [-0.3, -0.25) is 4.79 Å². The van der Waals surface area contributed by atoms with Crippen molar-refractivity contribution >= 4 is 38.9 Å². The van der Waals surface area contributed by atoms with Gasteiger partial charge in [-0.2, -0.15) is 0 Å². The van der Waals surface area contributed by atoms with Crippen LogP contribution in [0.3, 0.4) is 0 Å². The largest absolute Gasteiger partial charge is 0.325 e. The maximum atomic E-state index is 13.4. The second-order valence-electron chi connectivity index (χ2n) is 4.69. The van der Waals surface area contributed by atoms with Crippen LogP contribution in [0.5, 0.6) is 0 Å². The number of quaternary nitrogens is 1. The quantitative estimate of drug-likeness (QED) is 0.826. The van der Waals surface area contributed by atoms with Crippen LogP contribution in [0.2, 0.25) is 0 Å². The first kappa shape index (κ1) is 16.1. The minimum Gasteiger partial charge on any atom is -0.325 e. The summed E-state index contributed by atoms with van der Waals surface area (Å²) < 4.78 is 27.5. The number of hydrogen-bond acceptors (Lipinski definition) is 2. The first-order valence-corrected chi connectivity index (χ1v) is 7.85. The lowest BCUT2D eigenvalue weighted by atomic mass is 10.3. The van der Waals surface area contributed by atoms with Crippen LogP contribution < -0.4 is 10.2 Å². The fourth-order valence-corrected chi connectivity index (χ4v) is 3.47. The number of rotatable bonds is 5. The number of hydrogen-bond donors (Lipinski definition) is 2. The molecule has 7 heteroatoms. The molecule has 1 atom stereocenters. The zero-order valence-electron chi connectivity index (χ0n) is 11.3. The van der Waals surface area contributed by atoms with Crippen molar-refractivity contribution in [3.05, 3.63) is 50.6 Å². The van der Waals surface area contributed by atoms with Gasteiger partial charge in [0.1, 0.15) is 18.2 Å². The molecule has 0 aliphatic heterocycles. The van der Waals surface area contributed by atoms with Crippen molar-refractivity contribution in [1.29, 1.82) is 0 Å². The Balaban J connectivity index is 1.90. The minimum absolute atomic E-state index is 0.133. The van der Waals surface area contributed by atoms with E-state index in [0.29, 0.717) is 6.54 Å². The number of likely N-dealkylation sites (N-methyl/N-ethyl adjacent to an activating group) is 1. The Bertz CT molecular complexity index is 648. The lowest BCUT2D eigenvalue weighted by molar-refractivity contribution is -0.884. The summed E-state index contributed by atoms with van der Waals surface area (Å²) in [5.41, 5.74) is -0.133. The van der Waals surface area contributed by atoms with Gasteiger partial charge < -0.3 is 10.2 Å². The predicted molar refractivity (Wildman–Crippen MR) is 82.5 cm³/mol. The van der Waals surface area contributed by atoms with Crippen LogP contribution in [0.15, 0.2) is 34.1 Å². The summed E-state index contributed by atoms with van der Waals surface area (Å²) in [6, 6.07) is 6.92. The topological polar surface area (TPSA) is 33.5 Å². The number of carbonyl (C=O) groups is 1. The Hall–Kier alpha value is -1.31. The van der Waals surface area contributed by atoms with E-state index in [1.54, 1.807) is 11.3 Å². The van der Waals surface area contributed by atoms with E-state index in [1.807, 2.05) is 19.2 Å². The van der Waals surface area contributed by atoms with Crippen LogP contribution in [0.4, 0.5) is 14.5 Å². The average molecular weight is 376 g/mol. The van der Waals surface area contributed by atoms with Gasteiger partial charge in [0.25, 0.3) is 5.91 Å². The summed E-state index contributed by atoms with van der Waals surface area (Å²) in [6.07, 6.45) is 0. The number of amides is 1. The summed E-state index contributed by atoms with van der Waals surface area (Å²) in [5, 5.41) is 2.39. The molecule has 1 aromatic heterocycles. The molecule has 0 fully saturated rings. The molecular formula is C14H14BrF2N2OS+. The zero-order chi connectivity index (χ0) is 15.4. The molecule has 2 rings (SSSR count). The molecular weight excluding hydrogens is 362 g/mol. The van der Waals surface area contributed by atoms with Crippen LogP contribution in [0, 0.1) is 11.6 Å². The van der Waals surface area contributed by atoms with Gasteiger partial charge in [0.2, 0.25) is 0 Å². The smallest absolute Gasteiger partial charge is 0.279 e. The Morgan fingerprint density at radius 3 is 2.76 bits per heavy atom. The molecule has 0 aliphatic carbocycles. The van der Waals surface area contributed by atoms with Crippen molar-refractivity contribution in [3.8, 4) is 0 Å². The molecule has 1 unspecified atom stereocenters. The standard InChI is InChI=1S/C14H13BrF2N2OS/c1-19(7-10-3-5-13(15)21-10)8-14(20)18-12-6-9(16)2-4-11(12)17/h2-6H,7-8H2,1H3,(H,18,20)/p+1. The van der Waals surface area contributed by atoms with Crippen LogP contribution in [0.25, 0.3) is 0 Å². The number of thiophene rings is 1. The van der Waals surface area contributed by atoms with Crippen LogP contribution in [-0.2, 0) is 11.3 Å². The lowest BCUT2D eigenvalue weighted by Crippen LogP contribution is -3.08. The van der Waals surface area contributed by atoms with Crippen molar-refractivity contribution in [2.75, 3.05) is 18.9 Å². The molecule has 1 heterocycles. The molecule has 3 nitrogen and oxygen atoms in total. The Labute approximate surface area is 133 Å². The van der Waals surface area contributed by atoms with Crippen molar-refractivity contribution in [3.63, 3.8) is 0 Å². The van der Waals surface area contributed by atoms with E-state index in [0.717, 1.165) is 31.8 Å². The van der Waals surface area contributed by atoms with Gasteiger partial charge in [-0.1, -0.05) is 0 Å². The van der Waals surface area contributed by atoms with Gasteiger partial charge in [0, 0.05) is 6.07 Å². The number of anilines is 1. The van der Waals surface area contributed by atoms with Gasteiger partial charge in [0.05, 0.1) is 21.4 Å². The van der Waals surface area contributed by atoms with Gasteiger partial charge in [-0.05, 0) is 40.2 Å². The predicted octanol–water partition coefficient (Wildman–Crippen LogP) is 2.44. The maximum absolute atomic E-state index is 13.4. The summed E-state index contributed by atoms with van der Waals surface area (Å²) in [6.45, 7) is 0.862. The van der Waals surface area contributed by atoms with E-state index < -0.39 is 11.6 Å². The molecule has 0 aliphatic rings. The van der Waals surface area contributed by atoms with E-state index in [2.05, 4.69) is 21.2 Å². The molecule has 1 amide bonds. The lowest BCUT2D eigenvalue weighted by Gasteiger charge is -2.13. The van der Waals surface area contributed by atoms with Gasteiger partial charge >= 0.3 is 0 Å². The molecule has 0 bridgehead atoms. The summed E-state index contributed by atoms with van der Waals surface area (Å²) in [4.78, 5) is 14.0. The number of carbonyl (C=O) groups excluding carboxylic acids is 1. The Morgan fingerprint density at radius 1 is 1.33 bits per heavy atom. The van der Waals surface area contributed by atoms with Crippen molar-refractivity contribution in [2.24, 2.45) is 0 Å². The SMILES string of the molecule is C[NH+](CC(=O)Nc1cc(F)ccc1F)Cc1ccc(Br)s1. The first-order valence-electron chi connectivity index (χ1n) is 6.24. The highest BCUT2D eigenvalue weighted by Gasteiger charge is 2.14. The minimum atomic E-state index is -0.649. The molecule has 21 heavy (non-hydrogen) atoms. The number of nitrogens with one attached hydrogen (secondary N) is 2. The van der Waals surface area contributed by atoms with Gasteiger partial charge in [-0.25, -0.2) is 8.78 Å². The van der Waals surface area contributed by atoms with Gasteiger partial charge in [0.15, 0.2) is 6.54 Å². The summed E-state index contributed by atoms with van der Waals surface area (Å²) in [7, 11) is 1.87. The molecule has 2 N–H and O–H groups in total. The molecule has 0 spiro atoms. The Morgan fingerprint density at radius 2 is 2.10 bits per heavy atom. The van der Waals surface area contributed by atoms with E-state index >= 15 is 0 Å². The molecule has 1 aromatic carbocycles. The van der Waals surface area contributed by atoms with Crippen LogP contribution >= 0.6 is 27.3 Å². The van der Waals surface area contributed by atoms with E-state index in [4.69, 9.17) is 0 Å². The van der Waals surface area contributed by atoms with Crippen molar-refractivity contribution in [1.82, 2.24) is 0 Å². The molecule has 112 valence electrons. The highest BCUT2D eigenvalue weighted by molar-refractivity contribution is 9.11. The average Bonchev–Trinajstić information content (AvgIpc) is 2.79. The second kappa shape index (κ2) is 7.11. The molecule has 0 saturated carbocycles. The van der Waals surface area contributed by atoms with Crippen LogP contribution in [0.1, 0.15) is 4.88 Å². The van der Waals surface area contributed by atoms with E-state index in [1.165, 1.54) is 0 Å². The van der Waals surface area contributed by atoms with E-state index in [-0.39, 0.29) is 18.1 Å². The Kier molecular flexibility index (Phi) is 5.44. The third-order valence-electron chi connectivity index (χ3n) is 2.77. The third kappa shape index (κ3) is 4.87. The van der Waals surface area contributed by atoms with Crippen molar-refractivity contribution in [2.45, 2.75) is 6.54 Å². The van der Waals surface area contributed by atoms with Crippen molar-refractivity contribution < 1.29 is 18.5 Å². The molecule has 0 saturated heterocycles. The number of halogens is 3. The van der Waals surface area contributed by atoms with Gasteiger partial charge in [-0.15, -0.1) is 11.3 Å². The zero-order valence-corrected chi connectivity index (χ0v) is 13.7. The third-order valence-corrected chi connectivity index (χ3v) is 4.39. The highest BCUT2D eigenvalue weighted by atomic mass is 79.9. The van der Waals surface area contributed by atoms with E-state index in [9.17, 15) is 13.6 Å². The summed E-state index contributed by atoms with van der Waals surface area (Å²) >= 11 is 4.99.